The van der Waals surface area contributed by atoms with Crippen LogP contribution in [0.4, 0.5) is 11.4 Å². The van der Waals surface area contributed by atoms with Gasteiger partial charge in [0.1, 0.15) is 0 Å². The van der Waals surface area contributed by atoms with Gasteiger partial charge in [0.05, 0.1) is 21.4 Å². The molecule has 49 heavy (non-hydrogen) atoms. The second kappa shape index (κ2) is 11.4. The standard InChI is InChI=1S/C46H32N2S/c1-2-14-34(15-3-1)48-41-20-8-6-17-40(41)45-37(18-10-21-42(45)48)32-25-27-35(28-26-32)47(36-29-24-31-12-4-5-13-33(31)30-36)43-22-11-19-39-38-16-7-9-23-44(38)49-46(39)43/h1-31,33H. The average molecular weight is 645 g/mol. The summed E-state index contributed by atoms with van der Waals surface area (Å²) in [6.07, 6.45) is 16.1. The van der Waals surface area contributed by atoms with Gasteiger partial charge in [-0.15, -0.1) is 11.3 Å². The minimum absolute atomic E-state index is 0.341. The first-order valence-electron chi connectivity index (χ1n) is 17.0. The van der Waals surface area contributed by atoms with Crippen LogP contribution in [0.5, 0.6) is 0 Å². The van der Waals surface area contributed by atoms with Crippen molar-refractivity contribution < 1.29 is 0 Å². The summed E-state index contributed by atoms with van der Waals surface area (Å²) in [6, 6.07) is 50.9. The summed E-state index contributed by atoms with van der Waals surface area (Å²) in [4.78, 5) is 2.46. The maximum atomic E-state index is 2.46. The Kier molecular flexibility index (Phi) is 6.53. The zero-order chi connectivity index (χ0) is 32.3. The van der Waals surface area contributed by atoms with Gasteiger partial charge in [0, 0.05) is 55.2 Å². The quantitative estimate of drug-likeness (QED) is 0.181. The molecule has 0 spiro atoms. The van der Waals surface area contributed by atoms with Crippen LogP contribution in [0.3, 0.4) is 0 Å². The van der Waals surface area contributed by atoms with Crippen molar-refractivity contribution in [2.45, 2.75) is 0 Å². The second-order valence-electron chi connectivity index (χ2n) is 12.9. The predicted molar refractivity (Wildman–Crippen MR) is 210 cm³/mol. The third kappa shape index (κ3) is 4.54. The fourth-order valence-corrected chi connectivity index (χ4v) is 9.06. The van der Waals surface area contributed by atoms with Crippen LogP contribution in [0.2, 0.25) is 0 Å². The van der Waals surface area contributed by atoms with Crippen LogP contribution in [-0.4, -0.2) is 4.57 Å². The molecule has 0 amide bonds. The van der Waals surface area contributed by atoms with E-state index in [1.165, 1.54) is 70.2 Å². The predicted octanol–water partition coefficient (Wildman–Crippen LogP) is 12.8. The molecule has 2 aliphatic rings. The molecule has 0 saturated heterocycles. The Morgan fingerprint density at radius 1 is 0.551 bits per heavy atom. The molecule has 2 unspecified atom stereocenters. The Morgan fingerprint density at radius 2 is 1.27 bits per heavy atom. The van der Waals surface area contributed by atoms with Crippen molar-refractivity contribution in [2.24, 2.45) is 11.8 Å². The third-order valence-electron chi connectivity index (χ3n) is 10.1. The van der Waals surface area contributed by atoms with Gasteiger partial charge in [-0.1, -0.05) is 127 Å². The van der Waals surface area contributed by atoms with Gasteiger partial charge in [0.25, 0.3) is 0 Å². The highest BCUT2D eigenvalue weighted by atomic mass is 32.1. The second-order valence-corrected chi connectivity index (χ2v) is 13.9. The summed E-state index contributed by atoms with van der Waals surface area (Å²) in [6.45, 7) is 0. The molecule has 2 aromatic heterocycles. The van der Waals surface area contributed by atoms with Gasteiger partial charge >= 0.3 is 0 Å². The summed E-state index contributed by atoms with van der Waals surface area (Å²) < 4.78 is 5.01. The van der Waals surface area contributed by atoms with E-state index in [1.54, 1.807) is 0 Å². The minimum Gasteiger partial charge on any atom is -0.309 e. The molecular formula is C46H32N2S. The summed E-state index contributed by atoms with van der Waals surface area (Å²) in [5.74, 6) is 0.740. The average Bonchev–Trinajstić information content (AvgIpc) is 3.72. The molecule has 2 nitrogen and oxygen atoms in total. The third-order valence-corrected chi connectivity index (χ3v) is 11.3. The number of rotatable bonds is 5. The lowest BCUT2D eigenvalue weighted by molar-refractivity contribution is 0.653. The van der Waals surface area contributed by atoms with Gasteiger partial charge in [-0.3, -0.25) is 0 Å². The van der Waals surface area contributed by atoms with Gasteiger partial charge in [0.2, 0.25) is 0 Å². The van der Waals surface area contributed by atoms with E-state index >= 15 is 0 Å². The Balaban J connectivity index is 1.14. The van der Waals surface area contributed by atoms with E-state index in [0.29, 0.717) is 11.8 Å². The molecule has 0 N–H and O–H groups in total. The summed E-state index contributed by atoms with van der Waals surface area (Å²) in [5, 5.41) is 5.17. The molecule has 10 rings (SSSR count). The molecule has 232 valence electrons. The molecule has 0 aliphatic heterocycles. The number of aromatic nitrogens is 1. The number of para-hydroxylation sites is 2. The lowest BCUT2D eigenvalue weighted by Gasteiger charge is -2.31. The van der Waals surface area contributed by atoms with E-state index in [4.69, 9.17) is 0 Å². The Labute approximate surface area is 289 Å². The first-order valence-corrected chi connectivity index (χ1v) is 17.8. The van der Waals surface area contributed by atoms with E-state index in [-0.39, 0.29) is 0 Å². The van der Waals surface area contributed by atoms with Crippen molar-refractivity contribution in [1.29, 1.82) is 0 Å². The molecule has 2 heterocycles. The van der Waals surface area contributed by atoms with Crippen LogP contribution in [0.15, 0.2) is 188 Å². The van der Waals surface area contributed by atoms with Gasteiger partial charge in [-0.25, -0.2) is 0 Å². The van der Waals surface area contributed by atoms with E-state index in [2.05, 4.69) is 192 Å². The molecule has 3 heteroatoms. The summed E-state index contributed by atoms with van der Waals surface area (Å²) in [7, 11) is 0. The van der Waals surface area contributed by atoms with E-state index in [1.807, 2.05) is 11.3 Å². The van der Waals surface area contributed by atoms with Crippen LogP contribution >= 0.6 is 11.3 Å². The molecule has 6 aromatic carbocycles. The van der Waals surface area contributed by atoms with Crippen LogP contribution < -0.4 is 4.90 Å². The van der Waals surface area contributed by atoms with Crippen molar-refractivity contribution >= 4 is 64.7 Å². The van der Waals surface area contributed by atoms with Crippen molar-refractivity contribution in [1.82, 2.24) is 4.57 Å². The van der Waals surface area contributed by atoms with Crippen LogP contribution in [-0.2, 0) is 0 Å². The largest absolute Gasteiger partial charge is 0.309 e. The topological polar surface area (TPSA) is 8.17 Å². The summed E-state index contributed by atoms with van der Waals surface area (Å²) in [5.41, 5.74) is 9.62. The lowest BCUT2D eigenvalue weighted by atomic mass is 9.84. The highest BCUT2D eigenvalue weighted by Crippen LogP contribution is 2.45. The maximum Gasteiger partial charge on any atom is 0.0640 e. The van der Waals surface area contributed by atoms with Crippen LogP contribution in [0.25, 0.3) is 58.8 Å². The SMILES string of the molecule is C1=CC2C=CC(N(c3ccc(-c4cccc5c4c4ccccc4n5-c4ccccc4)cc3)c3cccc4c3sc3ccccc34)=CC2C=C1. The van der Waals surface area contributed by atoms with E-state index < -0.39 is 0 Å². The number of fused-ring (bicyclic) bond motifs is 7. The molecule has 0 radical (unpaired) electrons. The van der Waals surface area contributed by atoms with E-state index in [0.717, 1.165) is 5.69 Å². The first-order chi connectivity index (χ1) is 24.3. The maximum absolute atomic E-state index is 2.46. The lowest BCUT2D eigenvalue weighted by Crippen LogP contribution is -2.21. The molecule has 0 bridgehead atoms. The number of thiophene rings is 1. The molecule has 0 fully saturated rings. The van der Waals surface area contributed by atoms with Crippen molar-refractivity contribution in [3.8, 4) is 16.8 Å². The number of allylic oxidation sites excluding steroid dienone is 7. The van der Waals surface area contributed by atoms with Gasteiger partial charge in [0.15, 0.2) is 0 Å². The molecule has 2 aliphatic carbocycles. The number of anilines is 2. The molecule has 2 atom stereocenters. The monoisotopic (exact) mass is 644 g/mol. The van der Waals surface area contributed by atoms with Crippen LogP contribution in [0, 0.1) is 11.8 Å². The molecule has 8 aromatic rings. The number of nitrogens with zero attached hydrogens (tertiary/aromatic N) is 2. The highest BCUT2D eigenvalue weighted by molar-refractivity contribution is 7.26. The van der Waals surface area contributed by atoms with Crippen molar-refractivity contribution in [3.63, 3.8) is 0 Å². The van der Waals surface area contributed by atoms with Gasteiger partial charge < -0.3 is 9.47 Å². The zero-order valence-corrected chi connectivity index (χ0v) is 27.6. The fraction of sp³-hybridized carbons (Fsp3) is 0.0435. The van der Waals surface area contributed by atoms with E-state index in [9.17, 15) is 0 Å². The highest BCUT2D eigenvalue weighted by Gasteiger charge is 2.24. The van der Waals surface area contributed by atoms with Gasteiger partial charge in [-0.05, 0) is 65.7 Å². The van der Waals surface area contributed by atoms with Crippen molar-refractivity contribution in [2.75, 3.05) is 4.90 Å². The van der Waals surface area contributed by atoms with Crippen LogP contribution in [0.1, 0.15) is 0 Å². The van der Waals surface area contributed by atoms with Gasteiger partial charge in [-0.2, -0.15) is 0 Å². The first kappa shape index (κ1) is 28.1. The smallest absolute Gasteiger partial charge is 0.0640 e. The van der Waals surface area contributed by atoms with Crippen molar-refractivity contribution in [3.05, 3.63) is 188 Å². The Morgan fingerprint density at radius 3 is 2.14 bits per heavy atom. The number of hydrogen-bond acceptors (Lipinski definition) is 2. The zero-order valence-electron chi connectivity index (χ0n) is 26.8. The Bertz CT molecular complexity index is 2670. The Hall–Kier alpha value is -5.90. The molecule has 0 saturated carbocycles. The number of benzene rings is 6. The fourth-order valence-electron chi connectivity index (χ4n) is 7.85. The number of hydrogen-bond donors (Lipinski definition) is 0. The normalized spacial score (nSPS) is 16.9. The summed E-state index contributed by atoms with van der Waals surface area (Å²) >= 11 is 1.88. The molecular weight excluding hydrogens is 613 g/mol. The minimum atomic E-state index is 0.341.